The van der Waals surface area contributed by atoms with E-state index in [1.807, 2.05) is 60.7 Å². The Kier molecular flexibility index (Phi) is 5.23. The summed E-state index contributed by atoms with van der Waals surface area (Å²) in [5.74, 6) is 0. The van der Waals surface area contributed by atoms with Crippen LogP contribution in [0.5, 0.6) is 0 Å². The van der Waals surface area contributed by atoms with Gasteiger partial charge in [-0.25, -0.2) is 0 Å². The molecule has 216 valence electrons. The SMILES string of the molecule is O=P(c1ccccc1)(c1ccccc1)c1cccc2c1-c1ccccc1C21c2ccccc2-n2c3ccccc3c3cccc1c32. The molecule has 1 unspecified atom stereocenters. The largest absolute Gasteiger partial charge is 0.309 e. The van der Waals surface area contributed by atoms with Gasteiger partial charge in [-0.3, -0.25) is 0 Å². The Morgan fingerprint density at radius 1 is 0.457 bits per heavy atom. The number of hydrogen-bond donors (Lipinski definition) is 0. The fraction of sp³-hybridized carbons (Fsp3) is 0.0233. The predicted molar refractivity (Wildman–Crippen MR) is 191 cm³/mol. The molecule has 8 aromatic rings. The van der Waals surface area contributed by atoms with Crippen LogP contribution in [-0.2, 0) is 9.98 Å². The van der Waals surface area contributed by atoms with E-state index in [0.717, 1.165) is 27.0 Å². The van der Waals surface area contributed by atoms with E-state index in [-0.39, 0.29) is 0 Å². The molecule has 0 radical (unpaired) electrons. The fourth-order valence-electron chi connectivity index (χ4n) is 8.56. The molecule has 46 heavy (non-hydrogen) atoms. The van der Waals surface area contributed by atoms with Crippen LogP contribution in [0.15, 0.2) is 170 Å². The Balaban J connectivity index is 1.41. The van der Waals surface area contributed by atoms with Crippen LogP contribution >= 0.6 is 7.14 Å². The summed E-state index contributed by atoms with van der Waals surface area (Å²) in [5.41, 5.74) is 10.2. The van der Waals surface area contributed by atoms with Crippen LogP contribution in [0.1, 0.15) is 22.3 Å². The monoisotopic (exact) mass is 605 g/mol. The normalized spacial score (nSPS) is 16.0. The number of hydrogen-bond acceptors (Lipinski definition) is 1. The van der Waals surface area contributed by atoms with Crippen molar-refractivity contribution in [3.63, 3.8) is 0 Å². The molecule has 1 aromatic heterocycles. The maximum Gasteiger partial charge on any atom is 0.171 e. The molecular weight excluding hydrogens is 577 g/mol. The van der Waals surface area contributed by atoms with E-state index >= 15 is 4.57 Å². The molecule has 1 aliphatic carbocycles. The Labute approximate surface area is 267 Å². The van der Waals surface area contributed by atoms with Gasteiger partial charge in [0.1, 0.15) is 0 Å². The molecular formula is C43H28NOP. The lowest BCUT2D eigenvalue weighted by atomic mass is 9.65. The minimum atomic E-state index is -3.28. The van der Waals surface area contributed by atoms with Crippen molar-refractivity contribution in [1.29, 1.82) is 0 Å². The maximum atomic E-state index is 16.0. The number of aromatic nitrogens is 1. The van der Waals surface area contributed by atoms with Crippen molar-refractivity contribution in [2.45, 2.75) is 5.41 Å². The summed E-state index contributed by atoms with van der Waals surface area (Å²) in [6.07, 6.45) is 0. The number of nitrogens with zero attached hydrogens (tertiary/aromatic N) is 1. The third-order valence-corrected chi connectivity index (χ3v) is 13.4. The predicted octanol–water partition coefficient (Wildman–Crippen LogP) is 9.10. The molecule has 0 N–H and O–H groups in total. The number of fused-ring (bicyclic) bond motifs is 12. The summed E-state index contributed by atoms with van der Waals surface area (Å²) in [6, 6.07) is 59.9. The van der Waals surface area contributed by atoms with E-state index in [1.165, 1.54) is 49.7 Å². The van der Waals surface area contributed by atoms with Gasteiger partial charge in [0.25, 0.3) is 0 Å². The maximum absolute atomic E-state index is 16.0. The molecule has 1 aliphatic heterocycles. The minimum Gasteiger partial charge on any atom is -0.309 e. The van der Waals surface area contributed by atoms with E-state index in [2.05, 4.69) is 114 Å². The van der Waals surface area contributed by atoms with E-state index < -0.39 is 12.6 Å². The third kappa shape index (κ3) is 3.05. The quantitative estimate of drug-likeness (QED) is 0.184. The van der Waals surface area contributed by atoms with Crippen LogP contribution in [0.4, 0.5) is 0 Å². The Morgan fingerprint density at radius 3 is 1.80 bits per heavy atom. The van der Waals surface area contributed by atoms with Crippen molar-refractivity contribution < 1.29 is 4.57 Å². The summed E-state index contributed by atoms with van der Waals surface area (Å²) in [7, 11) is -3.28. The highest BCUT2D eigenvalue weighted by atomic mass is 31.2. The van der Waals surface area contributed by atoms with Crippen molar-refractivity contribution in [1.82, 2.24) is 4.57 Å². The average Bonchev–Trinajstić information content (AvgIpc) is 3.63. The Morgan fingerprint density at radius 2 is 1.02 bits per heavy atom. The van der Waals surface area contributed by atoms with Crippen molar-refractivity contribution in [2.75, 3.05) is 0 Å². The molecule has 1 spiro atoms. The average molecular weight is 606 g/mol. The van der Waals surface area contributed by atoms with Gasteiger partial charge in [-0.05, 0) is 45.5 Å². The first-order valence-electron chi connectivity index (χ1n) is 15.8. The van der Waals surface area contributed by atoms with Crippen LogP contribution in [-0.4, -0.2) is 4.57 Å². The van der Waals surface area contributed by atoms with E-state index in [1.54, 1.807) is 0 Å². The first kappa shape index (κ1) is 25.9. The van der Waals surface area contributed by atoms with Gasteiger partial charge in [-0.2, -0.15) is 0 Å². The summed E-state index contributed by atoms with van der Waals surface area (Å²) in [6.45, 7) is 0. The van der Waals surface area contributed by atoms with Crippen molar-refractivity contribution >= 4 is 44.9 Å². The molecule has 2 aliphatic rings. The van der Waals surface area contributed by atoms with Crippen LogP contribution in [0.2, 0.25) is 0 Å². The van der Waals surface area contributed by atoms with Crippen LogP contribution in [0.3, 0.4) is 0 Å². The topological polar surface area (TPSA) is 22.0 Å². The first-order valence-corrected chi connectivity index (χ1v) is 17.5. The zero-order valence-electron chi connectivity index (χ0n) is 25.0. The molecule has 10 rings (SSSR count). The summed E-state index contributed by atoms with van der Waals surface area (Å²) >= 11 is 0. The van der Waals surface area contributed by atoms with Crippen molar-refractivity contribution in [2.24, 2.45) is 0 Å². The lowest BCUT2D eigenvalue weighted by Gasteiger charge is -2.39. The second kappa shape index (κ2) is 9.30. The van der Waals surface area contributed by atoms with Gasteiger partial charge in [-0.1, -0.05) is 158 Å². The lowest BCUT2D eigenvalue weighted by Crippen LogP contribution is -2.34. The highest BCUT2D eigenvalue weighted by Crippen LogP contribution is 2.62. The van der Waals surface area contributed by atoms with Crippen LogP contribution in [0.25, 0.3) is 38.6 Å². The Hall–Kier alpha value is -5.43. The van der Waals surface area contributed by atoms with Crippen LogP contribution in [0, 0.1) is 0 Å². The molecule has 0 saturated carbocycles. The molecule has 2 nitrogen and oxygen atoms in total. The second-order valence-corrected chi connectivity index (χ2v) is 15.1. The molecule has 0 amide bonds. The summed E-state index contributed by atoms with van der Waals surface area (Å²) < 4.78 is 18.5. The van der Waals surface area contributed by atoms with E-state index in [9.17, 15) is 0 Å². The van der Waals surface area contributed by atoms with Gasteiger partial charge in [-0.15, -0.1) is 0 Å². The van der Waals surface area contributed by atoms with Gasteiger partial charge >= 0.3 is 0 Å². The lowest BCUT2D eigenvalue weighted by molar-refractivity contribution is 0.592. The highest BCUT2D eigenvalue weighted by molar-refractivity contribution is 7.85. The van der Waals surface area contributed by atoms with E-state index in [4.69, 9.17) is 0 Å². The van der Waals surface area contributed by atoms with Crippen molar-refractivity contribution in [3.8, 4) is 16.8 Å². The van der Waals surface area contributed by atoms with Crippen molar-refractivity contribution in [3.05, 3.63) is 192 Å². The number of rotatable bonds is 3. The van der Waals surface area contributed by atoms with Gasteiger partial charge in [0, 0.05) is 26.7 Å². The Bertz CT molecular complexity index is 2520. The van der Waals surface area contributed by atoms with Crippen LogP contribution < -0.4 is 15.9 Å². The van der Waals surface area contributed by atoms with Gasteiger partial charge in [0.2, 0.25) is 0 Å². The number of benzene rings is 7. The van der Waals surface area contributed by atoms with Gasteiger partial charge in [0.15, 0.2) is 7.14 Å². The molecule has 2 heterocycles. The smallest absolute Gasteiger partial charge is 0.171 e. The molecule has 0 bridgehead atoms. The third-order valence-electron chi connectivity index (χ3n) is 10.3. The standard InChI is InChI=1S/C43H28NOP/c45-46(29-15-3-1-4-16-29,30-17-5-2-6-18-30)40-28-14-24-36-41(40)33-20-7-9-22-34(33)43(36)35-23-10-12-27-39(35)44-38-26-11-8-19-31(38)32-21-13-25-37(43)42(32)44/h1-28H. The van der Waals surface area contributed by atoms with Gasteiger partial charge < -0.3 is 9.13 Å². The molecule has 1 atom stereocenters. The zero-order chi connectivity index (χ0) is 30.5. The molecule has 3 heteroatoms. The number of para-hydroxylation sites is 3. The second-order valence-electron chi connectivity index (χ2n) is 12.3. The van der Waals surface area contributed by atoms with E-state index in [0.29, 0.717) is 0 Å². The molecule has 0 saturated heterocycles. The summed E-state index contributed by atoms with van der Waals surface area (Å²) in [4.78, 5) is 0. The highest BCUT2D eigenvalue weighted by Gasteiger charge is 2.52. The molecule has 7 aromatic carbocycles. The summed E-state index contributed by atoms with van der Waals surface area (Å²) in [5, 5.41) is 5.09. The zero-order valence-corrected chi connectivity index (χ0v) is 25.9. The molecule has 0 fully saturated rings. The fourth-order valence-corrected chi connectivity index (χ4v) is 11.4. The van der Waals surface area contributed by atoms with Gasteiger partial charge in [0.05, 0.1) is 22.1 Å². The first-order chi connectivity index (χ1) is 22.7. The minimum absolute atomic E-state index is 0.583.